The van der Waals surface area contributed by atoms with E-state index in [2.05, 4.69) is 31.4 Å². The Morgan fingerprint density at radius 1 is 0.818 bits per heavy atom. The van der Waals surface area contributed by atoms with E-state index in [0.717, 1.165) is 5.56 Å². The number of anilines is 2. The summed E-state index contributed by atoms with van der Waals surface area (Å²) >= 11 is 0. The van der Waals surface area contributed by atoms with Gasteiger partial charge in [-0.3, -0.25) is 9.59 Å². The molecule has 0 aliphatic carbocycles. The highest BCUT2D eigenvalue weighted by Gasteiger charge is 2.16. The average molecular weight is 447 g/mol. The van der Waals surface area contributed by atoms with Crippen LogP contribution in [0.3, 0.4) is 0 Å². The van der Waals surface area contributed by atoms with E-state index in [0.29, 0.717) is 28.4 Å². The van der Waals surface area contributed by atoms with Crippen molar-refractivity contribution >= 4 is 23.2 Å². The molecule has 2 amide bonds. The maximum absolute atomic E-state index is 12.6. The van der Waals surface area contributed by atoms with Crippen molar-refractivity contribution < 1.29 is 19.1 Å². The largest absolute Gasteiger partial charge is 0.497 e. The van der Waals surface area contributed by atoms with Crippen LogP contribution in [0, 0.1) is 0 Å². The van der Waals surface area contributed by atoms with E-state index < -0.39 is 6.10 Å². The van der Waals surface area contributed by atoms with Crippen LogP contribution in [0.15, 0.2) is 72.8 Å². The van der Waals surface area contributed by atoms with Gasteiger partial charge in [0.1, 0.15) is 11.5 Å². The molecular formula is C27H30N2O4. The van der Waals surface area contributed by atoms with Crippen LogP contribution in [-0.4, -0.2) is 25.0 Å². The molecule has 172 valence electrons. The summed E-state index contributed by atoms with van der Waals surface area (Å²) in [4.78, 5) is 25.2. The molecular weight excluding hydrogens is 416 g/mol. The predicted octanol–water partition coefficient (Wildman–Crippen LogP) is 5.65. The van der Waals surface area contributed by atoms with E-state index in [1.54, 1.807) is 62.6 Å². The molecule has 33 heavy (non-hydrogen) atoms. The van der Waals surface area contributed by atoms with Crippen molar-refractivity contribution in [2.45, 2.75) is 39.2 Å². The van der Waals surface area contributed by atoms with Gasteiger partial charge in [-0.15, -0.1) is 0 Å². The van der Waals surface area contributed by atoms with Gasteiger partial charge in [-0.05, 0) is 72.5 Å². The lowest BCUT2D eigenvalue weighted by atomic mass is 9.87. The minimum absolute atomic E-state index is 0.0236. The van der Waals surface area contributed by atoms with Gasteiger partial charge in [-0.2, -0.15) is 0 Å². The number of methoxy groups -OCH3 is 1. The van der Waals surface area contributed by atoms with Crippen molar-refractivity contribution in [3.63, 3.8) is 0 Å². The van der Waals surface area contributed by atoms with Crippen molar-refractivity contribution in [3.8, 4) is 11.5 Å². The SMILES string of the molecule is COc1ccc(OC(C)C(=O)Nc2cccc(NC(=O)c3ccc(C(C)(C)C)cc3)c2)cc1. The monoisotopic (exact) mass is 446 g/mol. The molecule has 0 fully saturated rings. The summed E-state index contributed by atoms with van der Waals surface area (Å²) < 4.78 is 10.8. The number of hydrogen-bond acceptors (Lipinski definition) is 4. The van der Waals surface area contributed by atoms with Crippen molar-refractivity contribution in [3.05, 3.63) is 83.9 Å². The lowest BCUT2D eigenvalue weighted by Gasteiger charge is -2.19. The minimum Gasteiger partial charge on any atom is -0.497 e. The fourth-order valence-electron chi connectivity index (χ4n) is 3.16. The van der Waals surface area contributed by atoms with E-state index in [-0.39, 0.29) is 17.2 Å². The quantitative estimate of drug-likeness (QED) is 0.492. The van der Waals surface area contributed by atoms with Gasteiger partial charge in [0.05, 0.1) is 7.11 Å². The van der Waals surface area contributed by atoms with Crippen LogP contribution in [0.25, 0.3) is 0 Å². The Labute approximate surface area is 194 Å². The zero-order valence-corrected chi connectivity index (χ0v) is 19.6. The average Bonchev–Trinajstić information content (AvgIpc) is 2.79. The van der Waals surface area contributed by atoms with E-state index in [1.807, 2.05) is 24.3 Å². The summed E-state index contributed by atoms with van der Waals surface area (Å²) in [6.07, 6.45) is -0.710. The third-order valence-electron chi connectivity index (χ3n) is 5.14. The van der Waals surface area contributed by atoms with Crippen LogP contribution in [0.2, 0.25) is 0 Å². The number of hydrogen-bond donors (Lipinski definition) is 2. The van der Waals surface area contributed by atoms with Crippen molar-refractivity contribution in [2.75, 3.05) is 17.7 Å². The molecule has 0 saturated carbocycles. The maximum Gasteiger partial charge on any atom is 0.265 e. The van der Waals surface area contributed by atoms with Crippen LogP contribution in [0.5, 0.6) is 11.5 Å². The van der Waals surface area contributed by atoms with Crippen LogP contribution < -0.4 is 20.1 Å². The second-order valence-electron chi connectivity index (χ2n) is 8.79. The van der Waals surface area contributed by atoms with Crippen LogP contribution in [0.4, 0.5) is 11.4 Å². The predicted molar refractivity (Wildman–Crippen MR) is 131 cm³/mol. The number of ether oxygens (including phenoxy) is 2. The first-order chi connectivity index (χ1) is 15.7. The second kappa shape index (κ2) is 10.2. The molecule has 1 atom stereocenters. The fraction of sp³-hybridized carbons (Fsp3) is 0.259. The van der Waals surface area contributed by atoms with Crippen molar-refractivity contribution in [1.82, 2.24) is 0 Å². The zero-order chi connectivity index (χ0) is 24.0. The summed E-state index contributed by atoms with van der Waals surface area (Å²) in [7, 11) is 1.59. The molecule has 0 spiro atoms. The summed E-state index contributed by atoms with van der Waals surface area (Å²) in [6, 6.07) is 21.6. The molecule has 1 unspecified atom stereocenters. The first-order valence-electron chi connectivity index (χ1n) is 10.8. The molecule has 0 aromatic heterocycles. The molecule has 6 heteroatoms. The molecule has 0 aliphatic heterocycles. The second-order valence-corrected chi connectivity index (χ2v) is 8.79. The Kier molecular flexibility index (Phi) is 7.38. The Hall–Kier alpha value is -3.80. The number of benzene rings is 3. The third kappa shape index (κ3) is 6.59. The highest BCUT2D eigenvalue weighted by molar-refractivity contribution is 6.04. The maximum atomic E-state index is 12.6. The van der Waals surface area contributed by atoms with Gasteiger partial charge in [0.2, 0.25) is 0 Å². The van der Waals surface area contributed by atoms with Crippen molar-refractivity contribution in [1.29, 1.82) is 0 Å². The minimum atomic E-state index is -0.710. The summed E-state index contributed by atoms with van der Waals surface area (Å²) in [5.74, 6) is 0.766. The summed E-state index contributed by atoms with van der Waals surface area (Å²) in [6.45, 7) is 8.06. The Morgan fingerprint density at radius 2 is 1.39 bits per heavy atom. The van der Waals surface area contributed by atoms with Crippen LogP contribution in [0.1, 0.15) is 43.6 Å². The molecule has 3 aromatic rings. The zero-order valence-electron chi connectivity index (χ0n) is 19.6. The first kappa shape index (κ1) is 23.9. The molecule has 2 N–H and O–H groups in total. The Balaban J connectivity index is 1.60. The van der Waals surface area contributed by atoms with E-state index in [9.17, 15) is 9.59 Å². The number of rotatable bonds is 7. The standard InChI is InChI=1S/C27H30N2O4/c1-18(33-24-15-13-23(32-5)14-16-24)25(30)28-21-7-6-8-22(17-21)29-26(31)19-9-11-20(12-10-19)27(2,3)4/h6-18H,1-5H3,(H,28,30)(H,29,31). The molecule has 0 radical (unpaired) electrons. The molecule has 3 rings (SSSR count). The van der Waals surface area contributed by atoms with Crippen LogP contribution >= 0.6 is 0 Å². The molecule has 0 bridgehead atoms. The van der Waals surface area contributed by atoms with E-state index in [1.165, 1.54) is 0 Å². The number of amides is 2. The lowest BCUT2D eigenvalue weighted by molar-refractivity contribution is -0.122. The topological polar surface area (TPSA) is 76.7 Å². The normalized spacial score (nSPS) is 11.9. The highest BCUT2D eigenvalue weighted by atomic mass is 16.5. The fourth-order valence-corrected chi connectivity index (χ4v) is 3.16. The van der Waals surface area contributed by atoms with Gasteiger partial charge in [0, 0.05) is 16.9 Å². The van der Waals surface area contributed by atoms with E-state index in [4.69, 9.17) is 9.47 Å². The molecule has 0 heterocycles. The highest BCUT2D eigenvalue weighted by Crippen LogP contribution is 2.23. The Morgan fingerprint density at radius 3 is 1.97 bits per heavy atom. The molecule has 6 nitrogen and oxygen atoms in total. The van der Waals surface area contributed by atoms with Crippen molar-refractivity contribution in [2.24, 2.45) is 0 Å². The van der Waals surface area contributed by atoms with Gasteiger partial charge in [0.25, 0.3) is 11.8 Å². The van der Waals surface area contributed by atoms with Crippen LogP contribution in [-0.2, 0) is 10.2 Å². The lowest BCUT2D eigenvalue weighted by Crippen LogP contribution is -2.30. The van der Waals surface area contributed by atoms with E-state index >= 15 is 0 Å². The molecule has 0 saturated heterocycles. The smallest absolute Gasteiger partial charge is 0.265 e. The number of carbonyl (C=O) groups excluding carboxylic acids is 2. The van der Waals surface area contributed by atoms with Gasteiger partial charge < -0.3 is 20.1 Å². The molecule has 3 aromatic carbocycles. The molecule has 0 aliphatic rings. The van der Waals surface area contributed by atoms with Gasteiger partial charge in [-0.1, -0.05) is 39.0 Å². The van der Waals surface area contributed by atoms with Gasteiger partial charge in [0.15, 0.2) is 6.10 Å². The number of nitrogens with one attached hydrogen (secondary N) is 2. The third-order valence-corrected chi connectivity index (χ3v) is 5.14. The first-order valence-corrected chi connectivity index (χ1v) is 10.8. The number of carbonyl (C=O) groups is 2. The summed E-state index contributed by atoms with van der Waals surface area (Å²) in [5.41, 5.74) is 2.90. The summed E-state index contributed by atoms with van der Waals surface area (Å²) in [5, 5.41) is 5.70. The van der Waals surface area contributed by atoms with Gasteiger partial charge >= 0.3 is 0 Å². The Bertz CT molecular complexity index is 1100. The van der Waals surface area contributed by atoms with Gasteiger partial charge in [-0.25, -0.2) is 0 Å².